The molecular weight excluding hydrogens is 148 g/mol. The Labute approximate surface area is 72.7 Å². The van der Waals surface area contributed by atoms with Crippen LogP contribution in [0.4, 0.5) is 5.69 Å². The maximum Gasteiger partial charge on any atom is 0.115 e. The van der Waals surface area contributed by atoms with Gasteiger partial charge in [-0.3, -0.25) is 0 Å². The largest absolute Gasteiger partial charge is 0.250 e. The molecule has 0 amide bonds. The molecule has 62 valence electrons. The average Bonchev–Trinajstić information content (AvgIpc) is 2.05. The molecule has 0 aliphatic rings. The fraction of sp³-hybridized carbons (Fsp3) is 0.200. The maximum absolute atomic E-state index is 4.13. The molecule has 12 heavy (non-hydrogen) atoms. The minimum Gasteiger partial charge on any atom is -0.250 e. The van der Waals surface area contributed by atoms with Crippen LogP contribution in [-0.2, 0) is 0 Å². The van der Waals surface area contributed by atoms with Crippen LogP contribution in [0.3, 0.4) is 0 Å². The molecule has 0 N–H and O–H groups in total. The van der Waals surface area contributed by atoms with Gasteiger partial charge in [0.1, 0.15) is 6.34 Å². The normalized spacial score (nSPS) is 11.5. The first-order valence-electron chi connectivity index (χ1n) is 3.90. The van der Waals surface area contributed by atoms with Crippen molar-refractivity contribution in [3.63, 3.8) is 0 Å². The Morgan fingerprint density at radius 1 is 1.33 bits per heavy atom. The molecule has 0 radical (unpaired) electrons. The minimum absolute atomic E-state index is 0.945. The third kappa shape index (κ3) is 2.66. The van der Waals surface area contributed by atoms with E-state index in [0.29, 0.717) is 0 Å². The fourth-order valence-corrected chi connectivity index (χ4v) is 0.875. The summed E-state index contributed by atoms with van der Waals surface area (Å²) in [4.78, 5) is 8.01. The van der Waals surface area contributed by atoms with Gasteiger partial charge in [0.05, 0.1) is 5.69 Å². The molecule has 0 saturated heterocycles. The van der Waals surface area contributed by atoms with Gasteiger partial charge in [-0.2, -0.15) is 0 Å². The summed E-state index contributed by atoms with van der Waals surface area (Å²) >= 11 is 0. The number of aryl methyl sites for hydroxylation is 1. The summed E-state index contributed by atoms with van der Waals surface area (Å²) in [6, 6.07) is 8.00. The molecular formula is C10H12N2. The fourth-order valence-electron chi connectivity index (χ4n) is 0.875. The SMILES string of the molecule is CC=NC=Nc1cccc(C)c1. The van der Waals surface area contributed by atoms with E-state index in [1.54, 1.807) is 12.6 Å². The lowest BCUT2D eigenvalue weighted by molar-refractivity contribution is 1.43. The Kier molecular flexibility index (Phi) is 3.20. The third-order valence-electron chi connectivity index (χ3n) is 1.42. The van der Waals surface area contributed by atoms with Gasteiger partial charge in [-0.25, -0.2) is 9.98 Å². The predicted molar refractivity (Wildman–Crippen MR) is 53.5 cm³/mol. The molecule has 0 atom stereocenters. The predicted octanol–water partition coefficient (Wildman–Crippen LogP) is 2.75. The topological polar surface area (TPSA) is 24.7 Å². The van der Waals surface area contributed by atoms with Gasteiger partial charge < -0.3 is 0 Å². The zero-order valence-electron chi connectivity index (χ0n) is 7.36. The van der Waals surface area contributed by atoms with Gasteiger partial charge in [0.25, 0.3) is 0 Å². The highest BCUT2D eigenvalue weighted by atomic mass is 14.8. The third-order valence-corrected chi connectivity index (χ3v) is 1.42. The van der Waals surface area contributed by atoms with Gasteiger partial charge in [-0.05, 0) is 31.5 Å². The van der Waals surface area contributed by atoms with Crippen LogP contribution in [-0.4, -0.2) is 12.6 Å². The quantitative estimate of drug-likeness (QED) is 0.469. The summed E-state index contributed by atoms with van der Waals surface area (Å²) in [6.07, 6.45) is 3.26. The van der Waals surface area contributed by atoms with E-state index in [1.165, 1.54) is 5.56 Å². The Morgan fingerprint density at radius 3 is 2.83 bits per heavy atom. The van der Waals surface area contributed by atoms with Crippen molar-refractivity contribution in [2.24, 2.45) is 9.98 Å². The van der Waals surface area contributed by atoms with Crippen LogP contribution < -0.4 is 0 Å². The average molecular weight is 160 g/mol. The van der Waals surface area contributed by atoms with Gasteiger partial charge in [0.2, 0.25) is 0 Å². The van der Waals surface area contributed by atoms with E-state index in [0.717, 1.165) is 5.69 Å². The molecule has 0 aliphatic carbocycles. The Morgan fingerprint density at radius 2 is 2.17 bits per heavy atom. The highest BCUT2D eigenvalue weighted by Crippen LogP contribution is 2.12. The van der Waals surface area contributed by atoms with Crippen molar-refractivity contribution in [3.05, 3.63) is 29.8 Å². The van der Waals surface area contributed by atoms with Gasteiger partial charge in [0, 0.05) is 6.21 Å². The molecule has 0 spiro atoms. The Bertz CT molecular complexity index is 300. The van der Waals surface area contributed by atoms with Gasteiger partial charge in [-0.15, -0.1) is 0 Å². The van der Waals surface area contributed by atoms with E-state index in [-0.39, 0.29) is 0 Å². The highest BCUT2D eigenvalue weighted by Gasteiger charge is 1.86. The molecule has 0 bridgehead atoms. The van der Waals surface area contributed by atoms with Crippen molar-refractivity contribution in [3.8, 4) is 0 Å². The highest BCUT2D eigenvalue weighted by molar-refractivity contribution is 5.72. The van der Waals surface area contributed by atoms with Crippen LogP contribution >= 0.6 is 0 Å². The van der Waals surface area contributed by atoms with E-state index in [4.69, 9.17) is 0 Å². The lowest BCUT2D eigenvalue weighted by atomic mass is 10.2. The molecule has 0 fully saturated rings. The molecule has 2 nitrogen and oxygen atoms in total. The number of hydrogen-bond acceptors (Lipinski definition) is 1. The van der Waals surface area contributed by atoms with Crippen molar-refractivity contribution in [2.75, 3.05) is 0 Å². The zero-order valence-corrected chi connectivity index (χ0v) is 7.36. The minimum atomic E-state index is 0.945. The molecule has 1 aromatic carbocycles. The summed E-state index contributed by atoms with van der Waals surface area (Å²) in [5.74, 6) is 0. The number of benzene rings is 1. The summed E-state index contributed by atoms with van der Waals surface area (Å²) in [7, 11) is 0. The summed E-state index contributed by atoms with van der Waals surface area (Å²) in [6.45, 7) is 3.91. The number of hydrogen-bond donors (Lipinski definition) is 0. The van der Waals surface area contributed by atoms with E-state index in [1.807, 2.05) is 38.1 Å². The molecule has 1 rings (SSSR count). The number of aliphatic imine (C=N–C) groups is 2. The molecule has 2 heteroatoms. The molecule has 0 heterocycles. The lowest BCUT2D eigenvalue weighted by Crippen LogP contribution is -1.71. The second kappa shape index (κ2) is 4.44. The van der Waals surface area contributed by atoms with Crippen LogP contribution in [0.5, 0.6) is 0 Å². The Balaban J connectivity index is 2.76. The van der Waals surface area contributed by atoms with Crippen LogP contribution in [0.2, 0.25) is 0 Å². The zero-order chi connectivity index (χ0) is 8.81. The van der Waals surface area contributed by atoms with Crippen LogP contribution in [0, 0.1) is 6.92 Å². The van der Waals surface area contributed by atoms with Crippen molar-refractivity contribution < 1.29 is 0 Å². The van der Waals surface area contributed by atoms with Gasteiger partial charge in [0.15, 0.2) is 0 Å². The first-order chi connectivity index (χ1) is 5.83. The van der Waals surface area contributed by atoms with Gasteiger partial charge in [-0.1, -0.05) is 12.1 Å². The first kappa shape index (κ1) is 8.65. The maximum atomic E-state index is 4.13. The Hall–Kier alpha value is -1.44. The molecule has 0 aromatic heterocycles. The van der Waals surface area contributed by atoms with Crippen LogP contribution in [0.15, 0.2) is 34.3 Å². The van der Waals surface area contributed by atoms with Crippen molar-refractivity contribution in [1.82, 2.24) is 0 Å². The first-order valence-corrected chi connectivity index (χ1v) is 3.90. The van der Waals surface area contributed by atoms with Crippen molar-refractivity contribution in [2.45, 2.75) is 13.8 Å². The van der Waals surface area contributed by atoms with Gasteiger partial charge >= 0.3 is 0 Å². The molecule has 0 saturated carbocycles. The van der Waals surface area contributed by atoms with Crippen molar-refractivity contribution in [1.29, 1.82) is 0 Å². The molecule has 0 aliphatic heterocycles. The smallest absolute Gasteiger partial charge is 0.115 e. The standard InChI is InChI=1S/C10H12N2/c1-3-11-8-12-10-6-4-5-9(2)7-10/h3-8H,1-2H3. The summed E-state index contributed by atoms with van der Waals surface area (Å²) in [5, 5.41) is 0. The molecule has 1 aromatic rings. The van der Waals surface area contributed by atoms with E-state index >= 15 is 0 Å². The lowest BCUT2D eigenvalue weighted by Gasteiger charge is -1.92. The molecule has 0 unspecified atom stereocenters. The van der Waals surface area contributed by atoms with Crippen molar-refractivity contribution >= 4 is 18.2 Å². The van der Waals surface area contributed by atoms with Crippen LogP contribution in [0.25, 0.3) is 0 Å². The van der Waals surface area contributed by atoms with E-state index in [2.05, 4.69) is 9.98 Å². The monoisotopic (exact) mass is 160 g/mol. The number of rotatable bonds is 2. The summed E-state index contributed by atoms with van der Waals surface area (Å²) in [5.41, 5.74) is 2.16. The van der Waals surface area contributed by atoms with Crippen LogP contribution in [0.1, 0.15) is 12.5 Å². The second-order valence-corrected chi connectivity index (χ2v) is 2.49. The van der Waals surface area contributed by atoms with E-state index in [9.17, 15) is 0 Å². The number of nitrogens with zero attached hydrogens (tertiary/aromatic N) is 2. The van der Waals surface area contributed by atoms with E-state index < -0.39 is 0 Å². The summed E-state index contributed by atoms with van der Waals surface area (Å²) < 4.78 is 0. The second-order valence-electron chi connectivity index (χ2n) is 2.49.